The van der Waals surface area contributed by atoms with Crippen molar-refractivity contribution >= 4 is 47.1 Å². The fourth-order valence-electron chi connectivity index (χ4n) is 0.152. The van der Waals surface area contributed by atoms with E-state index in [4.69, 9.17) is 17.0 Å². The second-order valence-corrected chi connectivity index (χ2v) is 4.05. The molecule has 0 fully saturated rings. The van der Waals surface area contributed by atoms with Gasteiger partial charge in [-0.1, -0.05) is 0 Å². The second kappa shape index (κ2) is 5.20. The summed E-state index contributed by atoms with van der Waals surface area (Å²) in [5, 5.41) is 0. The van der Waals surface area contributed by atoms with Crippen molar-refractivity contribution in [3.8, 4) is 0 Å². The molecule has 0 N–H and O–H groups in total. The average Bonchev–Trinajstić information content (AvgIpc) is 1.68. The second-order valence-electron chi connectivity index (χ2n) is 0.801. The van der Waals surface area contributed by atoms with Crippen molar-refractivity contribution in [1.82, 2.24) is 0 Å². The Balaban J connectivity index is 3.00. The maximum atomic E-state index is 4.92. The summed E-state index contributed by atoms with van der Waals surface area (Å²) < 4.78 is 5.60. The van der Waals surface area contributed by atoms with Crippen LogP contribution in [0.15, 0.2) is 0 Å². The molecule has 7 heavy (non-hydrogen) atoms. The monoisotopic (exact) mass is 244 g/mol. The van der Waals surface area contributed by atoms with Gasteiger partial charge in [-0.2, -0.15) is 0 Å². The third-order valence-corrected chi connectivity index (χ3v) is 4.37. The van der Waals surface area contributed by atoms with Crippen molar-refractivity contribution in [1.29, 1.82) is 0 Å². The molecule has 0 aliphatic heterocycles. The Labute approximate surface area is 65.1 Å². The van der Waals surface area contributed by atoms with E-state index in [0.29, 0.717) is 11.0 Å². The van der Waals surface area contributed by atoms with E-state index in [0.717, 1.165) is 21.6 Å². The Morgan fingerprint density at radius 3 is 2.71 bits per heavy atom. The first-order valence-electron chi connectivity index (χ1n) is 1.84. The van der Waals surface area contributed by atoms with E-state index < -0.39 is 0 Å². The Kier molecular flexibility index (Phi) is 5.99. The van der Waals surface area contributed by atoms with Crippen molar-refractivity contribution in [2.24, 2.45) is 0 Å². The van der Waals surface area contributed by atoms with Crippen LogP contribution in [0.25, 0.3) is 0 Å². The molecule has 0 saturated heterocycles. The number of ether oxygens (including phenoxy) is 1. The summed E-state index contributed by atoms with van der Waals surface area (Å²) in [5.41, 5.74) is 0. The van der Waals surface area contributed by atoms with Crippen LogP contribution in [0.3, 0.4) is 0 Å². The molecular formula is C3H7OS2Sb. The molecule has 0 amide bonds. The molecule has 0 aliphatic rings. The Hall–Kier alpha value is 1.06. The molecule has 0 radical (unpaired) electrons. The molecule has 0 aromatic heterocycles. The van der Waals surface area contributed by atoms with Gasteiger partial charge in [0.25, 0.3) is 0 Å². The molecule has 0 saturated carbocycles. The van der Waals surface area contributed by atoms with Gasteiger partial charge in [-0.25, -0.2) is 0 Å². The summed E-state index contributed by atoms with van der Waals surface area (Å²) in [7, 11) is 1.59. The molecule has 0 heterocycles. The zero-order valence-corrected chi connectivity index (χ0v) is 8.94. The number of hydrogen-bond acceptors (Lipinski definition) is 3. The van der Waals surface area contributed by atoms with Gasteiger partial charge in [0.05, 0.1) is 0 Å². The Morgan fingerprint density at radius 1 is 2.00 bits per heavy atom. The van der Waals surface area contributed by atoms with Gasteiger partial charge < -0.3 is 0 Å². The maximum absolute atomic E-state index is 4.92. The number of hydrogen-bond donors (Lipinski definition) is 0. The van der Waals surface area contributed by atoms with Crippen LogP contribution in [0.5, 0.6) is 0 Å². The molecule has 0 aromatic carbocycles. The van der Waals surface area contributed by atoms with Crippen LogP contribution < -0.4 is 0 Å². The van der Waals surface area contributed by atoms with E-state index in [9.17, 15) is 0 Å². The summed E-state index contributed by atoms with van der Waals surface area (Å²) in [6.45, 7) is 2.63. The fourth-order valence-corrected chi connectivity index (χ4v) is 1.04. The van der Waals surface area contributed by atoms with E-state index in [1.165, 1.54) is 0 Å². The van der Waals surface area contributed by atoms with Gasteiger partial charge in [-0.15, -0.1) is 0 Å². The summed E-state index contributed by atoms with van der Waals surface area (Å²) in [5.74, 6) is 0. The van der Waals surface area contributed by atoms with Crippen molar-refractivity contribution < 1.29 is 4.74 Å². The third-order valence-electron chi connectivity index (χ3n) is 0.358. The average molecular weight is 245 g/mol. The molecule has 0 rings (SSSR count). The summed E-state index contributed by atoms with van der Waals surface area (Å²) in [4.78, 5) is 0. The van der Waals surface area contributed by atoms with E-state index in [1.807, 2.05) is 6.92 Å². The van der Waals surface area contributed by atoms with Crippen molar-refractivity contribution in [2.45, 2.75) is 6.92 Å². The van der Waals surface area contributed by atoms with Gasteiger partial charge in [0.1, 0.15) is 0 Å². The standard InChI is InChI=1S/C3H6OS2.Sb.2H/c1-2-4-3(5)6;;;/h2H2,1H3,(H,5,6);;;/q;+1;;/p-1. The molecule has 4 heteroatoms. The molecule has 0 aromatic rings. The van der Waals surface area contributed by atoms with Gasteiger partial charge >= 0.3 is 65.3 Å². The number of rotatable bonds is 1. The molecule has 0 bridgehead atoms. The molecule has 0 atom stereocenters. The fraction of sp³-hybridized carbons (Fsp3) is 0.667. The summed E-state index contributed by atoms with van der Waals surface area (Å²) in [6.07, 6.45) is 0. The van der Waals surface area contributed by atoms with Gasteiger partial charge in [-0.05, 0) is 0 Å². The summed E-state index contributed by atoms with van der Waals surface area (Å²) in [6, 6.07) is 0. The minimum absolute atomic E-state index is 0.685. The minimum atomic E-state index is 0.685. The third kappa shape index (κ3) is 4.92. The predicted molar refractivity (Wildman–Crippen MR) is 40.4 cm³/mol. The van der Waals surface area contributed by atoms with Crippen molar-refractivity contribution in [3.05, 3.63) is 0 Å². The van der Waals surface area contributed by atoms with Crippen LogP contribution in [-0.2, 0) is 4.74 Å². The Bertz CT molecular complexity index is 66.0. The van der Waals surface area contributed by atoms with Gasteiger partial charge in [0, 0.05) is 0 Å². The summed E-state index contributed by atoms with van der Waals surface area (Å²) >= 11 is 5.82. The van der Waals surface area contributed by atoms with Crippen LogP contribution >= 0.6 is 21.1 Å². The molecular weight excluding hydrogens is 238 g/mol. The van der Waals surface area contributed by atoms with Crippen LogP contribution in [0.1, 0.15) is 6.92 Å². The zero-order chi connectivity index (χ0) is 5.70. The van der Waals surface area contributed by atoms with Gasteiger partial charge in [-0.3, -0.25) is 0 Å². The molecule has 0 spiro atoms. The van der Waals surface area contributed by atoms with Crippen LogP contribution in [0.4, 0.5) is 0 Å². The molecule has 0 aliphatic carbocycles. The topological polar surface area (TPSA) is 9.23 Å². The molecule has 0 unspecified atom stereocenters. The quantitative estimate of drug-likeness (QED) is 0.494. The van der Waals surface area contributed by atoms with E-state index >= 15 is 0 Å². The molecule has 42 valence electrons. The van der Waals surface area contributed by atoms with Gasteiger partial charge in [0.2, 0.25) is 0 Å². The Morgan fingerprint density at radius 2 is 2.57 bits per heavy atom. The van der Waals surface area contributed by atoms with Crippen LogP contribution in [-0.4, -0.2) is 32.6 Å². The number of thiocarbonyl (C=S) groups is 1. The van der Waals surface area contributed by atoms with Crippen LogP contribution in [0, 0.1) is 0 Å². The molecule has 1 nitrogen and oxygen atoms in total. The zero-order valence-electron chi connectivity index (χ0n) is 4.01. The van der Waals surface area contributed by atoms with Crippen molar-refractivity contribution in [2.75, 3.05) is 6.61 Å². The predicted octanol–water partition coefficient (Wildman–Crippen LogP) is 0.589. The van der Waals surface area contributed by atoms with Crippen LogP contribution in [0.2, 0.25) is 0 Å². The first-order chi connectivity index (χ1) is 3.31. The van der Waals surface area contributed by atoms with E-state index in [-0.39, 0.29) is 0 Å². The first kappa shape index (κ1) is 8.06. The first-order valence-corrected chi connectivity index (χ1v) is 7.17. The van der Waals surface area contributed by atoms with E-state index in [1.54, 1.807) is 8.85 Å². The SMILES string of the molecule is CCOC(=S)[S][SbH2]. The van der Waals surface area contributed by atoms with E-state index in [2.05, 4.69) is 0 Å². The van der Waals surface area contributed by atoms with Gasteiger partial charge in [0.15, 0.2) is 0 Å². The van der Waals surface area contributed by atoms with Crippen molar-refractivity contribution in [3.63, 3.8) is 0 Å². The normalized spacial score (nSPS) is 8.29.